The first kappa shape index (κ1) is 23.9. The van der Waals surface area contributed by atoms with Gasteiger partial charge in [0.2, 0.25) is 0 Å². The zero-order valence-corrected chi connectivity index (χ0v) is 21.0. The van der Waals surface area contributed by atoms with Crippen molar-refractivity contribution in [1.82, 2.24) is 9.80 Å². The Hall–Kier alpha value is -2.86. The Kier molecular flexibility index (Phi) is 6.34. The summed E-state index contributed by atoms with van der Waals surface area (Å²) in [7, 11) is 0. The Morgan fingerprint density at radius 3 is 2.43 bits per heavy atom. The van der Waals surface area contributed by atoms with Crippen molar-refractivity contribution in [3.8, 4) is 0 Å². The molecule has 6 nitrogen and oxygen atoms in total. The molecule has 35 heavy (non-hydrogen) atoms. The lowest BCUT2D eigenvalue weighted by atomic mass is 9.96. The van der Waals surface area contributed by atoms with Crippen LogP contribution in [0.15, 0.2) is 54.6 Å². The van der Waals surface area contributed by atoms with Gasteiger partial charge in [0.1, 0.15) is 5.60 Å². The molecule has 2 aromatic rings. The molecular formula is C29H36N2O4. The first-order valence-corrected chi connectivity index (χ1v) is 12.7. The normalized spacial score (nSPS) is 24.7. The number of benzene rings is 2. The van der Waals surface area contributed by atoms with Gasteiger partial charge >= 0.3 is 6.09 Å². The van der Waals surface area contributed by atoms with Gasteiger partial charge < -0.3 is 14.4 Å². The highest BCUT2D eigenvalue weighted by molar-refractivity contribution is 5.69. The fraction of sp³-hybridized carbons (Fsp3) is 0.517. The molecule has 2 aromatic carbocycles. The molecule has 0 spiro atoms. The molecule has 0 aromatic heterocycles. The Morgan fingerprint density at radius 1 is 1.09 bits per heavy atom. The van der Waals surface area contributed by atoms with Crippen LogP contribution < -0.4 is 0 Å². The van der Waals surface area contributed by atoms with E-state index in [0.29, 0.717) is 25.4 Å². The molecule has 2 fully saturated rings. The monoisotopic (exact) mass is 476 g/mol. The lowest BCUT2D eigenvalue weighted by molar-refractivity contribution is -0.146. The van der Waals surface area contributed by atoms with Gasteiger partial charge in [-0.15, -0.1) is 0 Å². The molecule has 1 unspecified atom stereocenters. The maximum absolute atomic E-state index is 13.4. The van der Waals surface area contributed by atoms with E-state index in [-0.39, 0.29) is 23.8 Å². The summed E-state index contributed by atoms with van der Waals surface area (Å²) in [5.74, 6) is 0.354. The zero-order valence-electron chi connectivity index (χ0n) is 21.0. The average Bonchev–Trinajstić information content (AvgIpc) is 3.74. The highest BCUT2D eigenvalue weighted by Crippen LogP contribution is 2.52. The van der Waals surface area contributed by atoms with Crippen LogP contribution in [-0.4, -0.2) is 53.3 Å². The van der Waals surface area contributed by atoms with Gasteiger partial charge in [0.05, 0.1) is 0 Å². The van der Waals surface area contributed by atoms with E-state index in [4.69, 9.17) is 9.47 Å². The molecule has 1 amide bonds. The fourth-order valence-corrected chi connectivity index (χ4v) is 5.46. The van der Waals surface area contributed by atoms with Gasteiger partial charge in [-0.05, 0) is 56.7 Å². The Bertz CT molecular complexity index is 1060. The summed E-state index contributed by atoms with van der Waals surface area (Å²) in [6.45, 7) is 8.54. The van der Waals surface area contributed by atoms with E-state index in [1.807, 2.05) is 37.8 Å². The quantitative estimate of drug-likeness (QED) is 0.495. The van der Waals surface area contributed by atoms with E-state index in [1.165, 1.54) is 16.7 Å². The Labute approximate surface area is 208 Å². The number of nitrogens with zero attached hydrogens (tertiary/aromatic N) is 2. The summed E-state index contributed by atoms with van der Waals surface area (Å²) < 4.78 is 11.4. The highest BCUT2D eigenvalue weighted by Gasteiger charge is 2.53. The zero-order chi connectivity index (χ0) is 24.6. The van der Waals surface area contributed by atoms with Crippen LogP contribution in [0.4, 0.5) is 4.79 Å². The smallest absolute Gasteiger partial charge is 0.410 e. The molecule has 0 N–H and O–H groups in total. The lowest BCUT2D eigenvalue weighted by Crippen LogP contribution is -2.48. The van der Waals surface area contributed by atoms with Gasteiger partial charge in [-0.2, -0.15) is 0 Å². The molecule has 1 aliphatic heterocycles. The summed E-state index contributed by atoms with van der Waals surface area (Å²) in [6.07, 6.45) is 3.28. The first-order chi connectivity index (χ1) is 16.8. The van der Waals surface area contributed by atoms with Crippen molar-refractivity contribution >= 4 is 12.6 Å². The number of rotatable bonds is 8. The Balaban J connectivity index is 1.33. The third-order valence-electron chi connectivity index (χ3n) is 7.52. The summed E-state index contributed by atoms with van der Waals surface area (Å²) in [5.41, 5.74) is 3.26. The summed E-state index contributed by atoms with van der Waals surface area (Å²) >= 11 is 0. The molecular weight excluding hydrogens is 440 g/mol. The fourth-order valence-electron chi connectivity index (χ4n) is 5.46. The van der Waals surface area contributed by atoms with Gasteiger partial charge in [0.25, 0.3) is 6.47 Å². The molecule has 2 saturated carbocycles. The molecule has 3 atom stereocenters. The third-order valence-corrected chi connectivity index (χ3v) is 7.52. The van der Waals surface area contributed by atoms with Crippen LogP contribution in [0.3, 0.4) is 0 Å². The second-order valence-corrected chi connectivity index (χ2v) is 11.5. The molecule has 2 aliphatic carbocycles. The van der Waals surface area contributed by atoms with Crippen LogP contribution in [0.25, 0.3) is 0 Å². The summed E-state index contributed by atoms with van der Waals surface area (Å²) in [4.78, 5) is 28.9. The van der Waals surface area contributed by atoms with Crippen molar-refractivity contribution in [2.45, 2.75) is 76.8 Å². The van der Waals surface area contributed by atoms with Crippen molar-refractivity contribution in [2.75, 3.05) is 13.1 Å². The lowest BCUT2D eigenvalue weighted by Gasteiger charge is -2.39. The van der Waals surface area contributed by atoms with Crippen LogP contribution in [0, 0.1) is 5.41 Å². The number of hydrogen-bond acceptors (Lipinski definition) is 5. The largest absolute Gasteiger partial charge is 0.448 e. The number of fused-ring (bicyclic) bond motifs is 1. The molecule has 186 valence electrons. The van der Waals surface area contributed by atoms with Gasteiger partial charge in [0.15, 0.2) is 6.23 Å². The number of ether oxygens (including phenoxy) is 2. The van der Waals surface area contributed by atoms with Crippen LogP contribution in [-0.2, 0) is 27.2 Å². The molecule has 6 heteroatoms. The molecule has 5 rings (SSSR count). The van der Waals surface area contributed by atoms with Crippen LogP contribution in [0.2, 0.25) is 0 Å². The second-order valence-electron chi connectivity index (χ2n) is 11.5. The molecule has 0 saturated heterocycles. The summed E-state index contributed by atoms with van der Waals surface area (Å²) in [6, 6.07) is 19.0. The van der Waals surface area contributed by atoms with Crippen LogP contribution in [0.1, 0.15) is 62.6 Å². The second kappa shape index (κ2) is 9.30. The molecule has 3 aliphatic rings. The maximum atomic E-state index is 13.4. The predicted octanol–water partition coefficient (Wildman–Crippen LogP) is 5.12. The minimum Gasteiger partial charge on any atom is -0.448 e. The highest BCUT2D eigenvalue weighted by atomic mass is 16.6. The van der Waals surface area contributed by atoms with Crippen molar-refractivity contribution in [3.05, 3.63) is 71.3 Å². The van der Waals surface area contributed by atoms with E-state index in [2.05, 4.69) is 47.4 Å². The molecule has 1 heterocycles. The van der Waals surface area contributed by atoms with Crippen molar-refractivity contribution in [3.63, 3.8) is 0 Å². The topological polar surface area (TPSA) is 59.1 Å². The van der Waals surface area contributed by atoms with Gasteiger partial charge in [-0.3, -0.25) is 9.69 Å². The molecule has 0 radical (unpaired) electrons. The minimum absolute atomic E-state index is 0.00247. The standard InChI is InChI=1S/C29H36N2O4/c1-28(2,3)35-27(33)31(25-16-24(25)21-9-5-4-6-10-21)19-29(13-14-29)18-30-17-23-12-8-7-11-22(23)15-26(30)34-20-32/h4-12,20,24-26H,13-19H2,1-3H3/t24?,25-,26+/m0/s1. The van der Waals surface area contributed by atoms with Crippen LogP contribution in [0.5, 0.6) is 0 Å². The van der Waals surface area contributed by atoms with Gasteiger partial charge in [-0.25, -0.2) is 4.79 Å². The van der Waals surface area contributed by atoms with E-state index < -0.39 is 5.60 Å². The number of carbonyl (C=O) groups is 2. The maximum Gasteiger partial charge on any atom is 0.410 e. The first-order valence-electron chi connectivity index (χ1n) is 12.7. The summed E-state index contributed by atoms with van der Waals surface area (Å²) in [5, 5.41) is 0. The number of amides is 1. The van der Waals surface area contributed by atoms with E-state index in [1.54, 1.807) is 0 Å². The predicted molar refractivity (Wildman–Crippen MR) is 134 cm³/mol. The van der Waals surface area contributed by atoms with Gasteiger partial charge in [0, 0.05) is 43.4 Å². The Morgan fingerprint density at radius 2 is 1.77 bits per heavy atom. The SMILES string of the molecule is CC(C)(C)OC(=O)N(CC1(CN2Cc3ccccc3C[C@H]2OC=O)CC1)[C@H]1CC1c1ccccc1. The number of hydrogen-bond donors (Lipinski definition) is 0. The van der Waals surface area contributed by atoms with Crippen molar-refractivity contribution < 1.29 is 19.1 Å². The van der Waals surface area contributed by atoms with Crippen molar-refractivity contribution in [1.29, 1.82) is 0 Å². The van der Waals surface area contributed by atoms with Crippen molar-refractivity contribution in [2.24, 2.45) is 5.41 Å². The average molecular weight is 477 g/mol. The third kappa shape index (κ3) is 5.53. The van der Waals surface area contributed by atoms with E-state index >= 15 is 0 Å². The van der Waals surface area contributed by atoms with Crippen LogP contribution >= 0.6 is 0 Å². The molecule has 0 bridgehead atoms. The number of carbonyl (C=O) groups excluding carboxylic acids is 2. The minimum atomic E-state index is -0.539. The van der Waals surface area contributed by atoms with E-state index in [0.717, 1.165) is 32.4 Å². The van der Waals surface area contributed by atoms with E-state index in [9.17, 15) is 9.59 Å². The van der Waals surface area contributed by atoms with Gasteiger partial charge in [-0.1, -0.05) is 54.6 Å².